The van der Waals surface area contributed by atoms with Gasteiger partial charge in [0.25, 0.3) is 0 Å². The number of anilines is 1. The summed E-state index contributed by atoms with van der Waals surface area (Å²) in [5.74, 6) is 0. The lowest BCUT2D eigenvalue weighted by Gasteiger charge is -2.19. The Morgan fingerprint density at radius 1 is 1.00 bits per heavy atom. The quantitative estimate of drug-likeness (QED) is 0.739. The van der Waals surface area contributed by atoms with Crippen LogP contribution < -0.4 is 5.32 Å². The Hall–Kier alpha value is -2.35. The number of nitrogens with one attached hydrogen (secondary N) is 1. The molecule has 3 rings (SSSR count). The van der Waals surface area contributed by atoms with Crippen molar-refractivity contribution in [3.63, 3.8) is 0 Å². The predicted octanol–water partition coefficient (Wildman–Crippen LogP) is 4.72. The molecule has 2 nitrogen and oxygen atoms in total. The highest BCUT2D eigenvalue weighted by Gasteiger charge is 2.09. The summed E-state index contributed by atoms with van der Waals surface area (Å²) in [5, 5.41) is 5.97. The lowest BCUT2D eigenvalue weighted by atomic mass is 10.0. The molecule has 0 fully saturated rings. The smallest absolute Gasteiger partial charge is 0.0488 e. The molecule has 1 atom stereocenters. The van der Waals surface area contributed by atoms with Gasteiger partial charge in [-0.3, -0.25) is 4.98 Å². The Morgan fingerprint density at radius 2 is 1.85 bits per heavy atom. The zero-order chi connectivity index (χ0) is 13.9. The highest BCUT2D eigenvalue weighted by molar-refractivity contribution is 5.93. The fourth-order valence-electron chi connectivity index (χ4n) is 2.62. The topological polar surface area (TPSA) is 24.9 Å². The van der Waals surface area contributed by atoms with Crippen LogP contribution in [0.5, 0.6) is 0 Å². The number of rotatable bonds is 3. The van der Waals surface area contributed by atoms with Gasteiger partial charge in [0.2, 0.25) is 0 Å². The van der Waals surface area contributed by atoms with Gasteiger partial charge in [0.1, 0.15) is 0 Å². The standard InChI is InChI=1S/C18H18N2/c1-13-6-3-4-8-16(13)14(2)20-18-9-5-7-15-10-11-19-12-17(15)18/h3-12,14,20H,1-2H3. The van der Waals surface area contributed by atoms with Crippen molar-refractivity contribution in [3.8, 4) is 0 Å². The fraction of sp³-hybridized carbons (Fsp3) is 0.167. The lowest BCUT2D eigenvalue weighted by molar-refractivity contribution is 0.876. The van der Waals surface area contributed by atoms with E-state index in [-0.39, 0.29) is 6.04 Å². The maximum absolute atomic E-state index is 4.23. The van der Waals surface area contributed by atoms with E-state index >= 15 is 0 Å². The van der Waals surface area contributed by atoms with Gasteiger partial charge in [-0.2, -0.15) is 0 Å². The minimum atomic E-state index is 0.266. The number of fused-ring (bicyclic) bond motifs is 1. The predicted molar refractivity (Wildman–Crippen MR) is 85.0 cm³/mol. The number of hydrogen-bond acceptors (Lipinski definition) is 2. The Kier molecular flexibility index (Phi) is 3.38. The second-order valence-corrected chi connectivity index (χ2v) is 5.12. The maximum atomic E-state index is 4.23. The number of hydrogen-bond donors (Lipinski definition) is 1. The van der Waals surface area contributed by atoms with E-state index in [1.807, 2.05) is 18.5 Å². The van der Waals surface area contributed by atoms with Gasteiger partial charge in [-0.25, -0.2) is 0 Å². The molecule has 1 unspecified atom stereocenters. The van der Waals surface area contributed by atoms with Gasteiger partial charge in [-0.1, -0.05) is 36.4 Å². The van der Waals surface area contributed by atoms with Crippen LogP contribution in [0.3, 0.4) is 0 Å². The molecule has 3 aromatic rings. The van der Waals surface area contributed by atoms with Crippen molar-refractivity contribution >= 4 is 16.5 Å². The van der Waals surface area contributed by atoms with Crippen LogP contribution in [0.25, 0.3) is 10.8 Å². The van der Waals surface area contributed by atoms with E-state index in [4.69, 9.17) is 0 Å². The van der Waals surface area contributed by atoms with Crippen molar-refractivity contribution in [1.82, 2.24) is 4.98 Å². The minimum Gasteiger partial charge on any atom is -0.378 e. The number of aryl methyl sites for hydroxylation is 1. The zero-order valence-corrected chi connectivity index (χ0v) is 11.8. The Labute approximate surface area is 119 Å². The number of benzene rings is 2. The largest absolute Gasteiger partial charge is 0.378 e. The van der Waals surface area contributed by atoms with E-state index in [0.29, 0.717) is 0 Å². The van der Waals surface area contributed by atoms with Crippen LogP contribution >= 0.6 is 0 Å². The van der Waals surface area contributed by atoms with Gasteiger partial charge in [-0.15, -0.1) is 0 Å². The molecule has 20 heavy (non-hydrogen) atoms. The third kappa shape index (κ3) is 2.37. The zero-order valence-electron chi connectivity index (χ0n) is 11.8. The highest BCUT2D eigenvalue weighted by Crippen LogP contribution is 2.27. The molecule has 2 heteroatoms. The summed E-state index contributed by atoms with van der Waals surface area (Å²) in [6.07, 6.45) is 3.75. The van der Waals surface area contributed by atoms with Gasteiger partial charge >= 0.3 is 0 Å². The van der Waals surface area contributed by atoms with Gasteiger partial charge in [0.15, 0.2) is 0 Å². The minimum absolute atomic E-state index is 0.266. The van der Waals surface area contributed by atoms with Gasteiger partial charge < -0.3 is 5.32 Å². The molecule has 0 saturated carbocycles. The van der Waals surface area contributed by atoms with Crippen molar-refractivity contribution < 1.29 is 0 Å². The van der Waals surface area contributed by atoms with Crippen molar-refractivity contribution in [2.24, 2.45) is 0 Å². The average molecular weight is 262 g/mol. The molecule has 1 N–H and O–H groups in total. The van der Waals surface area contributed by atoms with Crippen molar-refractivity contribution in [2.75, 3.05) is 5.32 Å². The second kappa shape index (κ2) is 5.33. The summed E-state index contributed by atoms with van der Waals surface area (Å²) in [6, 6.07) is 17.1. The summed E-state index contributed by atoms with van der Waals surface area (Å²) < 4.78 is 0. The summed E-state index contributed by atoms with van der Waals surface area (Å²) >= 11 is 0. The van der Waals surface area contributed by atoms with Crippen LogP contribution in [-0.2, 0) is 0 Å². The molecule has 0 amide bonds. The number of pyridine rings is 1. The number of nitrogens with zero attached hydrogens (tertiary/aromatic N) is 1. The molecule has 0 radical (unpaired) electrons. The number of aromatic nitrogens is 1. The Balaban J connectivity index is 1.96. The SMILES string of the molecule is Cc1ccccc1C(C)Nc1cccc2ccncc12. The van der Waals surface area contributed by atoms with Crippen LogP contribution in [0.15, 0.2) is 60.9 Å². The van der Waals surface area contributed by atoms with Crippen molar-refractivity contribution in [2.45, 2.75) is 19.9 Å². The van der Waals surface area contributed by atoms with Crippen LogP contribution in [0.1, 0.15) is 24.1 Å². The second-order valence-electron chi connectivity index (χ2n) is 5.12. The molecular formula is C18H18N2. The first kappa shape index (κ1) is 12.7. The first-order chi connectivity index (χ1) is 9.75. The molecule has 2 aromatic carbocycles. The van der Waals surface area contributed by atoms with Crippen molar-refractivity contribution in [3.05, 3.63) is 72.1 Å². The molecule has 1 heterocycles. The first-order valence-corrected chi connectivity index (χ1v) is 6.90. The van der Waals surface area contributed by atoms with Crippen LogP contribution in [0.2, 0.25) is 0 Å². The van der Waals surface area contributed by atoms with Gasteiger partial charge in [0, 0.05) is 29.5 Å². The highest BCUT2D eigenvalue weighted by atomic mass is 14.9. The summed E-state index contributed by atoms with van der Waals surface area (Å²) in [5.41, 5.74) is 3.77. The molecule has 0 bridgehead atoms. The van der Waals surface area contributed by atoms with E-state index in [1.165, 1.54) is 16.5 Å². The van der Waals surface area contributed by atoms with Crippen LogP contribution in [-0.4, -0.2) is 4.98 Å². The summed E-state index contributed by atoms with van der Waals surface area (Å²) in [7, 11) is 0. The summed E-state index contributed by atoms with van der Waals surface area (Å²) in [4.78, 5) is 4.23. The Morgan fingerprint density at radius 3 is 2.70 bits per heavy atom. The first-order valence-electron chi connectivity index (χ1n) is 6.90. The van der Waals surface area contributed by atoms with Crippen LogP contribution in [0.4, 0.5) is 5.69 Å². The van der Waals surface area contributed by atoms with Crippen molar-refractivity contribution in [1.29, 1.82) is 0 Å². The Bertz CT molecular complexity index is 729. The summed E-state index contributed by atoms with van der Waals surface area (Å²) in [6.45, 7) is 4.34. The van der Waals surface area contributed by atoms with E-state index in [0.717, 1.165) is 11.1 Å². The molecule has 1 aromatic heterocycles. The molecule has 0 saturated heterocycles. The monoisotopic (exact) mass is 262 g/mol. The van der Waals surface area contributed by atoms with E-state index in [9.17, 15) is 0 Å². The molecule has 100 valence electrons. The van der Waals surface area contributed by atoms with Crippen LogP contribution in [0, 0.1) is 6.92 Å². The molecule has 0 spiro atoms. The molecule has 0 aliphatic carbocycles. The van der Waals surface area contributed by atoms with E-state index in [2.05, 4.69) is 66.6 Å². The van der Waals surface area contributed by atoms with E-state index < -0.39 is 0 Å². The molecular weight excluding hydrogens is 244 g/mol. The lowest BCUT2D eigenvalue weighted by Crippen LogP contribution is -2.08. The normalized spacial score (nSPS) is 12.3. The maximum Gasteiger partial charge on any atom is 0.0488 e. The van der Waals surface area contributed by atoms with Gasteiger partial charge in [0.05, 0.1) is 0 Å². The van der Waals surface area contributed by atoms with E-state index in [1.54, 1.807) is 0 Å². The molecule has 0 aliphatic heterocycles. The average Bonchev–Trinajstić information content (AvgIpc) is 2.48. The van der Waals surface area contributed by atoms with Gasteiger partial charge in [-0.05, 0) is 42.5 Å². The third-order valence-corrected chi connectivity index (χ3v) is 3.71. The third-order valence-electron chi connectivity index (χ3n) is 3.71. The fourth-order valence-corrected chi connectivity index (χ4v) is 2.62. The molecule has 0 aliphatic rings.